The van der Waals surface area contributed by atoms with Crippen molar-refractivity contribution in [2.45, 2.75) is 50.4 Å². The minimum Gasteiger partial charge on any atom is -0.346 e. The van der Waals surface area contributed by atoms with Gasteiger partial charge in [0.2, 0.25) is 0 Å². The summed E-state index contributed by atoms with van der Waals surface area (Å²) in [5.41, 5.74) is 5.95. The first-order chi connectivity index (χ1) is 14.2. The van der Waals surface area contributed by atoms with Gasteiger partial charge in [-0.05, 0) is 36.5 Å². The molecule has 1 atom stereocenters. The molecule has 1 saturated heterocycles. The van der Waals surface area contributed by atoms with E-state index >= 15 is 0 Å². The summed E-state index contributed by atoms with van der Waals surface area (Å²) >= 11 is 0. The monoisotopic (exact) mass is 384 g/mol. The molecule has 1 fully saturated rings. The van der Waals surface area contributed by atoms with Crippen molar-refractivity contribution in [2.24, 2.45) is 0 Å². The molecule has 29 heavy (non-hydrogen) atoms. The van der Waals surface area contributed by atoms with Gasteiger partial charge >= 0.3 is 0 Å². The van der Waals surface area contributed by atoms with E-state index < -0.39 is 11.4 Å². The van der Waals surface area contributed by atoms with Crippen LogP contribution in [0.5, 0.6) is 0 Å². The number of hydrogen-bond donors (Lipinski definition) is 0. The maximum Gasteiger partial charge on any atom is 0.196 e. The zero-order chi connectivity index (χ0) is 19.7. The second-order valence-corrected chi connectivity index (χ2v) is 8.53. The summed E-state index contributed by atoms with van der Waals surface area (Å²) in [5.74, 6) is -0.608. The number of hydrogen-bond acceptors (Lipinski definition) is 2. The highest BCUT2D eigenvalue weighted by molar-refractivity contribution is 5.45. The van der Waals surface area contributed by atoms with Gasteiger partial charge in [-0.2, -0.15) is 0 Å². The second-order valence-electron chi connectivity index (χ2n) is 8.53. The van der Waals surface area contributed by atoms with E-state index in [2.05, 4.69) is 85.8 Å². The number of rotatable bonds is 4. The van der Waals surface area contributed by atoms with Crippen LogP contribution in [0.2, 0.25) is 0 Å². The van der Waals surface area contributed by atoms with Gasteiger partial charge in [0.1, 0.15) is 5.60 Å². The summed E-state index contributed by atoms with van der Waals surface area (Å²) in [7, 11) is 0. The van der Waals surface area contributed by atoms with Crippen LogP contribution in [0, 0.1) is 6.92 Å². The Morgan fingerprint density at radius 3 is 2.00 bits per heavy atom. The van der Waals surface area contributed by atoms with E-state index in [4.69, 9.17) is 9.47 Å². The molecule has 3 aromatic carbocycles. The molecule has 0 aromatic heterocycles. The van der Waals surface area contributed by atoms with Gasteiger partial charge in [-0.25, -0.2) is 0 Å². The van der Waals surface area contributed by atoms with Gasteiger partial charge in [-0.1, -0.05) is 84.4 Å². The van der Waals surface area contributed by atoms with Crippen LogP contribution in [0.25, 0.3) is 0 Å². The summed E-state index contributed by atoms with van der Waals surface area (Å²) < 4.78 is 13.5. The summed E-state index contributed by atoms with van der Waals surface area (Å²) in [6.45, 7) is 2.92. The minimum absolute atomic E-state index is 0.428. The molecule has 0 aliphatic carbocycles. The van der Waals surface area contributed by atoms with Crippen molar-refractivity contribution >= 4 is 0 Å². The van der Waals surface area contributed by atoms with E-state index in [0.717, 1.165) is 38.7 Å². The third-order valence-electron chi connectivity index (χ3n) is 6.34. The summed E-state index contributed by atoms with van der Waals surface area (Å²) in [5, 5.41) is 0. The largest absolute Gasteiger partial charge is 0.346 e. The highest BCUT2D eigenvalue weighted by atomic mass is 16.7. The fourth-order valence-electron chi connectivity index (χ4n) is 5.03. The maximum absolute atomic E-state index is 7.09. The SMILES string of the molecule is Cc1ccc2c(c1)[C@@]1(CCCCO1)OC2(Cc1ccccc1)Cc1ccccc1. The Morgan fingerprint density at radius 2 is 1.41 bits per heavy atom. The molecule has 0 radical (unpaired) electrons. The molecule has 2 nitrogen and oxygen atoms in total. The van der Waals surface area contributed by atoms with Crippen LogP contribution < -0.4 is 0 Å². The van der Waals surface area contributed by atoms with Crippen LogP contribution in [0.1, 0.15) is 47.1 Å². The Balaban J connectivity index is 1.65. The van der Waals surface area contributed by atoms with E-state index in [1.807, 2.05) is 0 Å². The Morgan fingerprint density at radius 1 is 0.759 bits per heavy atom. The van der Waals surface area contributed by atoms with Gasteiger partial charge in [0.15, 0.2) is 5.79 Å². The van der Waals surface area contributed by atoms with Crippen LogP contribution in [0.15, 0.2) is 78.9 Å². The molecule has 0 amide bonds. The summed E-state index contributed by atoms with van der Waals surface area (Å²) in [6, 6.07) is 28.2. The van der Waals surface area contributed by atoms with Crippen molar-refractivity contribution in [3.63, 3.8) is 0 Å². The van der Waals surface area contributed by atoms with Crippen molar-refractivity contribution in [1.29, 1.82) is 0 Å². The zero-order valence-electron chi connectivity index (χ0n) is 17.1. The summed E-state index contributed by atoms with van der Waals surface area (Å²) in [6.07, 6.45) is 4.85. The highest BCUT2D eigenvalue weighted by Crippen LogP contribution is 2.54. The average molecular weight is 385 g/mol. The van der Waals surface area contributed by atoms with Crippen molar-refractivity contribution < 1.29 is 9.47 Å². The lowest BCUT2D eigenvalue weighted by Crippen LogP contribution is -2.39. The lowest BCUT2D eigenvalue weighted by Gasteiger charge is -2.38. The first-order valence-corrected chi connectivity index (χ1v) is 10.7. The van der Waals surface area contributed by atoms with Crippen molar-refractivity contribution in [3.8, 4) is 0 Å². The van der Waals surface area contributed by atoms with E-state index in [0.29, 0.717) is 0 Å². The topological polar surface area (TPSA) is 18.5 Å². The van der Waals surface area contributed by atoms with Crippen LogP contribution >= 0.6 is 0 Å². The van der Waals surface area contributed by atoms with Gasteiger partial charge in [0, 0.05) is 24.8 Å². The van der Waals surface area contributed by atoms with Crippen molar-refractivity contribution in [1.82, 2.24) is 0 Å². The molecule has 0 bridgehead atoms. The molecule has 2 heterocycles. The molecule has 2 aliphatic heterocycles. The molecular weight excluding hydrogens is 356 g/mol. The van der Waals surface area contributed by atoms with E-state index in [1.165, 1.54) is 27.8 Å². The van der Waals surface area contributed by atoms with Gasteiger partial charge in [0.25, 0.3) is 0 Å². The smallest absolute Gasteiger partial charge is 0.196 e. The fraction of sp³-hybridized carbons (Fsp3) is 0.333. The van der Waals surface area contributed by atoms with Gasteiger partial charge < -0.3 is 9.47 Å². The molecular formula is C27H28O2. The number of fused-ring (bicyclic) bond motifs is 2. The van der Waals surface area contributed by atoms with Crippen molar-refractivity contribution in [2.75, 3.05) is 6.61 Å². The molecule has 2 aliphatic rings. The van der Waals surface area contributed by atoms with Crippen LogP contribution in [0.4, 0.5) is 0 Å². The van der Waals surface area contributed by atoms with Crippen LogP contribution in [-0.2, 0) is 33.7 Å². The Hall–Kier alpha value is -2.42. The van der Waals surface area contributed by atoms with E-state index in [1.54, 1.807) is 0 Å². The fourth-order valence-corrected chi connectivity index (χ4v) is 5.03. The first-order valence-electron chi connectivity index (χ1n) is 10.7. The van der Waals surface area contributed by atoms with Crippen LogP contribution in [-0.4, -0.2) is 6.61 Å². The lowest BCUT2D eigenvalue weighted by atomic mass is 9.80. The standard InChI is InChI=1S/C27H28O2/c1-21-14-15-24-25(18-21)27(16-8-9-17-28-27)29-26(24,19-22-10-4-2-5-11-22)20-23-12-6-3-7-13-23/h2-7,10-15,18H,8-9,16-17,19-20H2,1H3/t27-/m1/s1. The van der Waals surface area contributed by atoms with Gasteiger partial charge in [0.05, 0.1) is 6.61 Å². The Labute approximate surface area is 173 Å². The van der Waals surface area contributed by atoms with E-state index in [9.17, 15) is 0 Å². The van der Waals surface area contributed by atoms with E-state index in [-0.39, 0.29) is 0 Å². The number of benzene rings is 3. The Bertz CT molecular complexity index is 930. The highest BCUT2D eigenvalue weighted by Gasteiger charge is 2.54. The quantitative estimate of drug-likeness (QED) is 0.544. The lowest BCUT2D eigenvalue weighted by molar-refractivity contribution is -0.299. The first kappa shape index (κ1) is 18.6. The normalized spacial score (nSPS) is 22.5. The number of ether oxygens (including phenoxy) is 2. The van der Waals surface area contributed by atoms with Gasteiger partial charge in [-0.15, -0.1) is 0 Å². The molecule has 0 saturated carbocycles. The van der Waals surface area contributed by atoms with Gasteiger partial charge in [-0.3, -0.25) is 0 Å². The van der Waals surface area contributed by atoms with Crippen molar-refractivity contribution in [3.05, 3.63) is 107 Å². The maximum atomic E-state index is 7.09. The molecule has 5 rings (SSSR count). The molecule has 0 unspecified atom stereocenters. The third kappa shape index (κ3) is 3.41. The zero-order valence-corrected chi connectivity index (χ0v) is 17.1. The minimum atomic E-state index is -0.608. The molecule has 2 heteroatoms. The third-order valence-corrected chi connectivity index (χ3v) is 6.34. The second kappa shape index (κ2) is 7.44. The predicted octanol–water partition coefficient (Wildman–Crippen LogP) is 6.06. The summed E-state index contributed by atoms with van der Waals surface area (Å²) in [4.78, 5) is 0. The molecule has 148 valence electrons. The van der Waals surface area contributed by atoms with Crippen LogP contribution in [0.3, 0.4) is 0 Å². The Kier molecular flexibility index (Phi) is 4.77. The molecule has 3 aromatic rings. The predicted molar refractivity (Wildman–Crippen MR) is 116 cm³/mol. The molecule has 0 N–H and O–H groups in total. The average Bonchev–Trinajstić information content (AvgIpc) is 2.98. The number of aryl methyl sites for hydroxylation is 1. The molecule has 1 spiro atoms.